The maximum Gasteiger partial charge on any atom is 0.234 e. The molecule has 0 bridgehead atoms. The summed E-state index contributed by atoms with van der Waals surface area (Å²) < 4.78 is 1.70. The van der Waals surface area contributed by atoms with Crippen LogP contribution in [0.25, 0.3) is 5.69 Å². The van der Waals surface area contributed by atoms with Crippen molar-refractivity contribution in [2.75, 3.05) is 13.7 Å². The zero-order valence-electron chi connectivity index (χ0n) is 15.5. The molecule has 140 valence electrons. The normalized spacial score (nSPS) is 23.1. The number of hydrogen-bond donors (Lipinski definition) is 0. The van der Waals surface area contributed by atoms with Gasteiger partial charge in [0, 0.05) is 6.04 Å². The molecule has 1 saturated heterocycles. The Kier molecular flexibility index (Phi) is 4.61. The van der Waals surface area contributed by atoms with Gasteiger partial charge in [-0.2, -0.15) is 5.10 Å². The number of rotatable bonds is 5. The molecule has 1 fully saturated rings. The lowest BCUT2D eigenvalue weighted by Gasteiger charge is -2.29. The molecule has 1 aliphatic carbocycles. The number of benzene rings is 1. The van der Waals surface area contributed by atoms with Gasteiger partial charge in [-0.1, -0.05) is 24.3 Å². The lowest BCUT2D eigenvalue weighted by atomic mass is 9.85. The molecule has 2 heterocycles. The summed E-state index contributed by atoms with van der Waals surface area (Å²) in [5, 5.41) is 4.13. The van der Waals surface area contributed by atoms with Gasteiger partial charge in [-0.25, -0.2) is 9.67 Å². The van der Waals surface area contributed by atoms with Crippen LogP contribution in [0.5, 0.6) is 0 Å². The van der Waals surface area contributed by atoms with Crippen LogP contribution in [0.4, 0.5) is 0 Å². The van der Waals surface area contributed by atoms with Crippen molar-refractivity contribution in [1.29, 1.82) is 0 Å². The van der Waals surface area contributed by atoms with E-state index in [4.69, 9.17) is 0 Å². The summed E-state index contributed by atoms with van der Waals surface area (Å²) in [5.41, 5.74) is 2.05. The highest BCUT2D eigenvalue weighted by molar-refractivity contribution is 6.05. The molecule has 2 aromatic rings. The van der Waals surface area contributed by atoms with Crippen LogP contribution >= 0.6 is 0 Å². The van der Waals surface area contributed by atoms with E-state index in [0.717, 1.165) is 11.3 Å². The summed E-state index contributed by atoms with van der Waals surface area (Å²) in [6.07, 6.45) is 8.53. The second-order valence-electron chi connectivity index (χ2n) is 7.27. The van der Waals surface area contributed by atoms with E-state index >= 15 is 0 Å². The smallest absolute Gasteiger partial charge is 0.234 e. The highest BCUT2D eigenvalue weighted by atomic mass is 16.2. The van der Waals surface area contributed by atoms with Crippen LogP contribution in [0.2, 0.25) is 0 Å². The molecule has 3 atom stereocenters. The third-order valence-electron chi connectivity index (χ3n) is 5.68. The van der Waals surface area contributed by atoms with Crippen LogP contribution in [0.1, 0.15) is 31.4 Å². The minimum Gasteiger partial charge on any atom is -0.282 e. The first-order valence-electron chi connectivity index (χ1n) is 9.21. The van der Waals surface area contributed by atoms with Gasteiger partial charge in [0.1, 0.15) is 12.7 Å². The summed E-state index contributed by atoms with van der Waals surface area (Å²) in [4.78, 5) is 32.7. The monoisotopic (exact) mass is 365 g/mol. The third-order valence-corrected chi connectivity index (χ3v) is 5.68. The van der Waals surface area contributed by atoms with E-state index in [1.807, 2.05) is 48.4 Å². The van der Waals surface area contributed by atoms with Gasteiger partial charge in [-0.3, -0.25) is 19.4 Å². The number of nitrogens with zero attached hydrogens (tertiary/aromatic N) is 5. The van der Waals surface area contributed by atoms with Crippen molar-refractivity contribution in [3.8, 4) is 5.69 Å². The molecule has 0 N–H and O–H groups in total. The Morgan fingerprint density at radius 1 is 1.11 bits per heavy atom. The number of amides is 2. The van der Waals surface area contributed by atoms with Crippen molar-refractivity contribution in [2.24, 2.45) is 11.8 Å². The molecule has 0 unspecified atom stereocenters. The molecule has 1 aromatic carbocycles. The lowest BCUT2D eigenvalue weighted by Crippen LogP contribution is -2.41. The molecule has 0 radical (unpaired) electrons. The van der Waals surface area contributed by atoms with E-state index in [1.54, 1.807) is 11.0 Å². The molecular weight excluding hydrogens is 342 g/mol. The molecule has 1 aliphatic heterocycles. The highest BCUT2D eigenvalue weighted by Crippen LogP contribution is 2.35. The molecule has 2 amide bonds. The number of aromatic nitrogens is 3. The number of fused-ring (bicyclic) bond motifs is 1. The van der Waals surface area contributed by atoms with E-state index < -0.39 is 0 Å². The van der Waals surface area contributed by atoms with Crippen LogP contribution in [0, 0.1) is 11.8 Å². The fourth-order valence-corrected chi connectivity index (χ4v) is 3.86. The predicted octanol–water partition coefficient (Wildman–Crippen LogP) is 2.17. The first-order valence-corrected chi connectivity index (χ1v) is 9.21. The van der Waals surface area contributed by atoms with Crippen molar-refractivity contribution in [3.05, 3.63) is 54.6 Å². The number of imide groups is 1. The van der Waals surface area contributed by atoms with E-state index in [1.165, 1.54) is 11.2 Å². The molecule has 27 heavy (non-hydrogen) atoms. The Hall–Kier alpha value is -2.80. The SMILES string of the molecule is C[C@H](c1ccc(-n2cncn2)cc1)N(C)CN1C(=O)[C@H]2CC=CC[C@H]2C1=O. The minimum atomic E-state index is -0.173. The van der Waals surface area contributed by atoms with Crippen LogP contribution in [-0.2, 0) is 9.59 Å². The molecule has 4 rings (SSSR count). The van der Waals surface area contributed by atoms with E-state index in [2.05, 4.69) is 17.0 Å². The van der Waals surface area contributed by atoms with Gasteiger partial charge >= 0.3 is 0 Å². The van der Waals surface area contributed by atoms with E-state index in [9.17, 15) is 9.59 Å². The van der Waals surface area contributed by atoms with Crippen molar-refractivity contribution in [3.63, 3.8) is 0 Å². The fourth-order valence-electron chi connectivity index (χ4n) is 3.86. The number of likely N-dealkylation sites (tertiary alicyclic amines) is 1. The first kappa shape index (κ1) is 17.6. The van der Waals surface area contributed by atoms with Crippen molar-refractivity contribution >= 4 is 11.8 Å². The van der Waals surface area contributed by atoms with Crippen molar-refractivity contribution < 1.29 is 9.59 Å². The highest BCUT2D eigenvalue weighted by Gasteiger charge is 2.47. The Labute approximate surface area is 158 Å². The van der Waals surface area contributed by atoms with Gasteiger partial charge in [-0.05, 0) is 44.5 Å². The number of carbonyl (C=O) groups excluding carboxylic acids is 2. The average molecular weight is 365 g/mol. The van der Waals surface area contributed by atoms with Gasteiger partial charge in [0.2, 0.25) is 11.8 Å². The standard InChI is InChI=1S/C20H23N5O2/c1-14(15-7-9-16(10-8-15)25-12-21-11-22-25)23(2)13-24-19(26)17-5-3-4-6-18(17)20(24)27/h3-4,7-12,14,17-18H,5-6,13H2,1-2H3/t14-,17-,18+/m1/s1. The second-order valence-corrected chi connectivity index (χ2v) is 7.27. The molecule has 0 saturated carbocycles. The number of hydrogen-bond acceptors (Lipinski definition) is 5. The molecule has 1 aromatic heterocycles. The molecule has 7 heteroatoms. The largest absolute Gasteiger partial charge is 0.282 e. The van der Waals surface area contributed by atoms with Gasteiger partial charge in [0.15, 0.2) is 0 Å². The zero-order valence-corrected chi connectivity index (χ0v) is 15.5. The maximum absolute atomic E-state index is 12.6. The van der Waals surface area contributed by atoms with E-state index in [0.29, 0.717) is 19.5 Å². The second kappa shape index (κ2) is 7.08. The average Bonchev–Trinajstić information content (AvgIpc) is 3.32. The number of carbonyl (C=O) groups is 2. The summed E-state index contributed by atoms with van der Waals surface area (Å²) in [7, 11) is 1.94. The third kappa shape index (κ3) is 3.19. The van der Waals surface area contributed by atoms with Crippen LogP contribution in [0.15, 0.2) is 49.1 Å². The lowest BCUT2D eigenvalue weighted by molar-refractivity contribution is -0.142. The van der Waals surface area contributed by atoms with Crippen LogP contribution in [-0.4, -0.2) is 50.1 Å². The maximum atomic E-state index is 12.6. The van der Waals surface area contributed by atoms with Gasteiger partial charge in [-0.15, -0.1) is 0 Å². The summed E-state index contributed by atoms with van der Waals surface area (Å²) in [5.74, 6) is -0.411. The van der Waals surface area contributed by atoms with Gasteiger partial charge in [0.05, 0.1) is 24.2 Å². The fraction of sp³-hybridized carbons (Fsp3) is 0.400. The number of allylic oxidation sites excluding steroid dienone is 2. The van der Waals surface area contributed by atoms with E-state index in [-0.39, 0.29) is 29.7 Å². The summed E-state index contributed by atoms with van der Waals surface area (Å²) >= 11 is 0. The minimum absolute atomic E-state index is 0.0325. The quantitative estimate of drug-likeness (QED) is 0.600. The van der Waals surface area contributed by atoms with Gasteiger partial charge < -0.3 is 0 Å². The molecular formula is C20H23N5O2. The molecule has 7 nitrogen and oxygen atoms in total. The summed E-state index contributed by atoms with van der Waals surface area (Å²) in [6, 6.07) is 8.11. The van der Waals surface area contributed by atoms with Crippen LogP contribution in [0.3, 0.4) is 0 Å². The molecule has 0 spiro atoms. The van der Waals surface area contributed by atoms with Crippen molar-refractivity contribution in [2.45, 2.75) is 25.8 Å². The Morgan fingerprint density at radius 3 is 2.30 bits per heavy atom. The summed E-state index contributed by atoms with van der Waals surface area (Å²) in [6.45, 7) is 2.39. The Balaban J connectivity index is 1.44. The Morgan fingerprint density at radius 2 is 1.74 bits per heavy atom. The van der Waals surface area contributed by atoms with Crippen LogP contribution < -0.4 is 0 Å². The zero-order chi connectivity index (χ0) is 19.0. The Bertz CT molecular complexity index is 833. The molecule has 2 aliphatic rings. The topological polar surface area (TPSA) is 71.3 Å². The van der Waals surface area contributed by atoms with Crippen molar-refractivity contribution in [1.82, 2.24) is 24.6 Å². The first-order chi connectivity index (χ1) is 13.1. The predicted molar refractivity (Wildman–Crippen MR) is 99.6 cm³/mol. The van der Waals surface area contributed by atoms with Gasteiger partial charge in [0.25, 0.3) is 0 Å².